The highest BCUT2D eigenvalue weighted by Crippen LogP contribution is 2.40. The Morgan fingerprint density at radius 2 is 1.02 bits per heavy atom. The number of nitrogens with zero attached hydrogens (tertiary/aromatic N) is 11. The van der Waals surface area contributed by atoms with Crippen molar-refractivity contribution in [2.24, 2.45) is 11.8 Å². The highest BCUT2D eigenvalue weighted by atomic mass is 35.5. The second-order valence-corrected chi connectivity index (χ2v) is 33.4. The van der Waals surface area contributed by atoms with E-state index in [0.29, 0.717) is 138 Å². The third kappa shape index (κ3) is 30.3. The lowest BCUT2D eigenvalue weighted by Gasteiger charge is -2.28. The number of hydrogen-bond donors (Lipinski definition) is 8. The molecule has 8 N–H and O–H groups in total. The molecule has 12 aromatic rings. The number of terminal acetylenes is 1. The highest BCUT2D eigenvalue weighted by Gasteiger charge is 2.28. The van der Waals surface area contributed by atoms with Gasteiger partial charge in [0.2, 0.25) is 5.88 Å². The Labute approximate surface area is 769 Å². The predicted octanol–water partition coefficient (Wildman–Crippen LogP) is 16.0. The number of methoxy groups -OCH3 is 2. The first kappa shape index (κ1) is 99.1. The summed E-state index contributed by atoms with van der Waals surface area (Å²) in [4.78, 5) is 49.3. The number of anilines is 1. The summed E-state index contributed by atoms with van der Waals surface area (Å²) in [6.07, 6.45) is 19.2. The molecule has 8 heterocycles. The fraction of sp³-hybridized carbons (Fsp3) is 0.412. The number of likely N-dealkylation sites (N-methyl/N-ethyl adjacent to an activating group) is 4. The number of nitrogens with one attached hydrogen (secondary N) is 4. The third-order valence-corrected chi connectivity index (χ3v) is 22.7. The van der Waals surface area contributed by atoms with Crippen LogP contribution in [-0.2, 0) is 15.9 Å². The van der Waals surface area contributed by atoms with Gasteiger partial charge in [0.1, 0.15) is 90.9 Å². The summed E-state index contributed by atoms with van der Waals surface area (Å²) in [6, 6.07) is 54.1. The van der Waals surface area contributed by atoms with Crippen LogP contribution in [0.2, 0.25) is 5.02 Å². The smallest absolute Gasteiger partial charge is 0.213 e. The number of furan rings is 1. The predicted molar refractivity (Wildman–Crippen MR) is 513 cm³/mol. The van der Waals surface area contributed by atoms with Crippen LogP contribution >= 0.6 is 11.6 Å². The van der Waals surface area contributed by atoms with E-state index in [-0.39, 0.29) is 26.4 Å². The van der Waals surface area contributed by atoms with Gasteiger partial charge in [0, 0.05) is 182 Å². The number of halogens is 1. The van der Waals surface area contributed by atoms with E-state index in [9.17, 15) is 20.4 Å². The van der Waals surface area contributed by atoms with Gasteiger partial charge in [-0.3, -0.25) is 4.98 Å². The molecule has 688 valence electrons. The van der Waals surface area contributed by atoms with Crippen molar-refractivity contribution in [1.82, 2.24) is 71.1 Å². The number of benzene rings is 5. The summed E-state index contributed by atoms with van der Waals surface area (Å²) >= 11 is 6.39. The molecule has 1 aliphatic carbocycles. The molecule has 5 aromatic carbocycles. The van der Waals surface area contributed by atoms with Crippen LogP contribution < -0.4 is 49.9 Å². The number of pyridine rings is 2. The van der Waals surface area contributed by atoms with E-state index in [0.717, 1.165) is 129 Å². The molecule has 1 aliphatic heterocycles. The van der Waals surface area contributed by atoms with Gasteiger partial charge < -0.3 is 84.2 Å². The topological polar surface area (TPSA) is 339 Å². The number of aryl methyl sites for hydroxylation is 1. The fourth-order valence-electron chi connectivity index (χ4n) is 15.2. The standard InChI is InChI=1S/C26H32N4O3.C26H29N3O4.C25H36ClN3O2.C25H29N5O3/c1-18(19-8-11-32-12-9-19)24-14-25(21-6-4-10-28-15-21)30-26(29-24)20-5-3-7-23(13-20)33-17-22(31)16-27-2;1-27-16-21(30)17-32-22-10-5-8-19(13-22)26-28-20(9-6-12-31-2)15-23(29-26)25-14-18-7-3-4-11-24(18)33-25;1-16(2)23-13-24(17(3)18-8-6-5-7-9-18)29-25(28-23)19-10-20(26)12-22(11-19)31-15-21(30)14-27-4;1-5-6-12-30(3)23-15-22(18-10-11-27-24(14-18)32-4)28-25(29-23)19-8-7-9-21(13-19)33-17-20(31)16-26-2/h3-7,10,13-15,18-19,22,27,31H,8-9,11-12,16-17H2,1-2H3;3-5,7-8,10-11,13-15,21,27,30H,6,9,12,16-17H2,1-2H3;10-13,16-18,21,27,30H,5-9,14-15H2,1-4H3;1,7-11,13-15,20,26,31H,6,12,16-17H2,2-4H3. The summed E-state index contributed by atoms with van der Waals surface area (Å²) in [7, 11) is 12.4. The molecule has 1 saturated heterocycles. The molecule has 2 fully saturated rings. The summed E-state index contributed by atoms with van der Waals surface area (Å²) in [6.45, 7) is 14.5. The summed E-state index contributed by atoms with van der Waals surface area (Å²) in [5.41, 5.74) is 12.4. The number of fused-ring (bicyclic) bond motifs is 1. The van der Waals surface area contributed by atoms with Crippen LogP contribution in [0, 0.1) is 24.2 Å². The molecule has 0 radical (unpaired) electrons. The molecule has 6 unspecified atom stereocenters. The van der Waals surface area contributed by atoms with E-state index in [4.69, 9.17) is 95.5 Å². The maximum Gasteiger partial charge on any atom is 0.213 e. The van der Waals surface area contributed by atoms with Gasteiger partial charge in [-0.2, -0.15) is 0 Å². The molecule has 0 spiro atoms. The van der Waals surface area contributed by atoms with Gasteiger partial charge in [-0.1, -0.05) is 113 Å². The molecule has 28 heteroatoms. The molecule has 27 nitrogen and oxygen atoms in total. The first-order valence-corrected chi connectivity index (χ1v) is 45.2. The minimum absolute atomic E-state index is 0.183. The van der Waals surface area contributed by atoms with E-state index in [1.54, 1.807) is 60.9 Å². The maximum absolute atomic E-state index is 9.95. The number of aliphatic hydroxyl groups excluding tert-OH is 4. The van der Waals surface area contributed by atoms with Gasteiger partial charge in [0.15, 0.2) is 29.1 Å². The van der Waals surface area contributed by atoms with Crippen LogP contribution in [0.3, 0.4) is 0 Å². The van der Waals surface area contributed by atoms with E-state index in [1.807, 2.05) is 170 Å². The van der Waals surface area contributed by atoms with Gasteiger partial charge in [-0.05, 0) is 188 Å². The van der Waals surface area contributed by atoms with Crippen LogP contribution in [0.1, 0.15) is 126 Å². The van der Waals surface area contributed by atoms with E-state index in [2.05, 4.69) is 77.0 Å². The van der Waals surface area contributed by atoms with Gasteiger partial charge in [0.25, 0.3) is 0 Å². The average molecular weight is 1790 g/mol. The summed E-state index contributed by atoms with van der Waals surface area (Å²) < 4.78 is 45.2. The van der Waals surface area contributed by atoms with Gasteiger partial charge >= 0.3 is 0 Å². The first-order valence-electron chi connectivity index (χ1n) is 44.8. The molecular weight excluding hydrogens is 1660 g/mol. The van der Waals surface area contributed by atoms with Crippen LogP contribution in [0.25, 0.3) is 90.5 Å². The van der Waals surface area contributed by atoms with Gasteiger partial charge in [-0.15, -0.1) is 12.3 Å². The lowest BCUT2D eigenvalue weighted by atomic mass is 9.79. The lowest BCUT2D eigenvalue weighted by molar-refractivity contribution is 0.0592. The summed E-state index contributed by atoms with van der Waals surface area (Å²) in [5, 5.41) is 53.1. The van der Waals surface area contributed by atoms with E-state index >= 15 is 0 Å². The minimum Gasteiger partial charge on any atom is -0.491 e. The van der Waals surface area contributed by atoms with Gasteiger partial charge in [0.05, 0.1) is 18.5 Å². The zero-order valence-corrected chi connectivity index (χ0v) is 77.3. The number of hydrogen-bond acceptors (Lipinski definition) is 27. The van der Waals surface area contributed by atoms with Crippen LogP contribution in [0.4, 0.5) is 5.82 Å². The van der Waals surface area contributed by atoms with Crippen molar-refractivity contribution in [3.63, 3.8) is 0 Å². The number of para-hydroxylation sites is 1. The zero-order valence-electron chi connectivity index (χ0n) is 76.6. The number of aromatic nitrogens is 10. The highest BCUT2D eigenvalue weighted by molar-refractivity contribution is 6.31. The van der Waals surface area contributed by atoms with Gasteiger partial charge in [-0.25, -0.2) is 44.9 Å². The molecule has 6 atom stereocenters. The first-order chi connectivity index (χ1) is 63.2. The van der Waals surface area contributed by atoms with E-state index < -0.39 is 24.4 Å². The summed E-state index contributed by atoms with van der Waals surface area (Å²) in [5.74, 6) is 11.9. The van der Waals surface area contributed by atoms with Crippen molar-refractivity contribution in [3.05, 3.63) is 216 Å². The van der Waals surface area contributed by atoms with Crippen LogP contribution in [0.5, 0.6) is 28.9 Å². The molecule has 2 aliphatic rings. The Balaban J connectivity index is 0.000000168. The average Bonchev–Trinajstić information content (AvgIpc) is 1.82. The normalized spacial score (nSPS) is 14.2. The molecule has 14 rings (SSSR count). The van der Waals surface area contributed by atoms with Crippen molar-refractivity contribution >= 4 is 28.4 Å². The molecule has 0 bridgehead atoms. The Kier molecular flexibility index (Phi) is 39.5. The molecular formula is C102H126ClN15O12. The van der Waals surface area contributed by atoms with Crippen LogP contribution in [-0.4, -0.2) is 223 Å². The van der Waals surface area contributed by atoms with Crippen molar-refractivity contribution in [1.29, 1.82) is 0 Å². The SMILES string of the molecule is C#CCCN(C)c1cc(-c2ccnc(OC)c2)nc(-c2cccc(OCC(O)CNC)c2)n1.CNCC(O)COc1cc(Cl)cc(-c2nc(C(C)C)cc(C(C)C3CCCCC3)n2)c1.CNCC(O)COc1cccc(-c2nc(-c3cccnc3)cc(C(C)C3CCOCC3)n2)c1.CNCC(O)COc1cccc(-c2nc(CCCOC)cc(-c3cc4ccccc4o3)n2)c1. The number of ether oxygens (including phenoxy) is 7. The zero-order chi connectivity index (χ0) is 92.1. The van der Waals surface area contributed by atoms with Crippen molar-refractivity contribution in [3.8, 4) is 121 Å². The van der Waals surface area contributed by atoms with E-state index in [1.165, 1.54) is 32.1 Å². The Morgan fingerprint density at radius 3 is 1.58 bits per heavy atom. The number of rotatable bonds is 40. The third-order valence-electron chi connectivity index (χ3n) is 22.4. The second kappa shape index (κ2) is 51.8. The Hall–Kier alpha value is -11.5. The van der Waals surface area contributed by atoms with Crippen LogP contribution in [0.15, 0.2) is 193 Å². The minimum atomic E-state index is -0.601. The maximum atomic E-state index is 9.95. The Morgan fingerprint density at radius 1 is 0.500 bits per heavy atom. The van der Waals surface area contributed by atoms with Crippen molar-refractivity contribution in [2.45, 2.75) is 134 Å². The molecule has 0 amide bonds. The molecule has 130 heavy (non-hydrogen) atoms. The van der Waals surface area contributed by atoms with Crippen molar-refractivity contribution < 1.29 is 58.0 Å². The largest absolute Gasteiger partial charge is 0.491 e. The molecule has 7 aromatic heterocycles. The Bertz CT molecular complexity index is 5470. The monoisotopic (exact) mass is 1790 g/mol. The lowest BCUT2D eigenvalue weighted by Crippen LogP contribution is -2.29. The quantitative estimate of drug-likeness (QED) is 0.0131. The second-order valence-electron chi connectivity index (χ2n) is 32.9. The van der Waals surface area contributed by atoms with Crippen molar-refractivity contribution in [2.75, 3.05) is 133 Å². The number of aliphatic hydroxyl groups is 4. The molecule has 1 saturated carbocycles. The fourth-order valence-corrected chi connectivity index (χ4v) is 15.4.